The monoisotopic (exact) mass is 389 g/mol. The largest absolute Gasteiger partial charge is 0.382 e. The molecule has 0 amide bonds. The fourth-order valence-corrected chi connectivity index (χ4v) is 4.45. The van der Waals surface area contributed by atoms with E-state index in [4.69, 9.17) is 10.7 Å². The molecule has 4 aromatic rings. The molecular weight excluding hydrogens is 366 g/mol. The molecule has 1 aliphatic rings. The highest BCUT2D eigenvalue weighted by molar-refractivity contribution is 5.82. The van der Waals surface area contributed by atoms with Crippen LogP contribution in [0.3, 0.4) is 0 Å². The third-order valence-electron chi connectivity index (χ3n) is 5.89. The van der Waals surface area contributed by atoms with E-state index in [1.54, 1.807) is 6.33 Å². The lowest BCUT2D eigenvalue weighted by molar-refractivity contribution is 0.335. The number of rotatable bonds is 3. The minimum Gasteiger partial charge on any atom is -0.382 e. The highest BCUT2D eigenvalue weighted by Crippen LogP contribution is 2.29. The third kappa shape index (κ3) is 2.95. The molecule has 5 rings (SSSR count). The average Bonchev–Trinajstić information content (AvgIpc) is 3.13. The van der Waals surface area contributed by atoms with E-state index in [0.717, 1.165) is 42.6 Å². The maximum absolute atomic E-state index is 13.6. The molecule has 29 heavy (non-hydrogen) atoms. The smallest absolute Gasteiger partial charge is 0.261 e. The maximum atomic E-state index is 13.6. The summed E-state index contributed by atoms with van der Waals surface area (Å²) in [4.78, 5) is 31.2. The lowest BCUT2D eigenvalue weighted by Gasteiger charge is -2.27. The first-order valence-electron chi connectivity index (χ1n) is 10.1. The van der Waals surface area contributed by atoms with Gasteiger partial charge in [-0.25, -0.2) is 19.9 Å². The van der Waals surface area contributed by atoms with Crippen LogP contribution < -0.4 is 11.3 Å². The molecule has 2 N–H and O–H groups in total. The number of hydrogen-bond acceptors (Lipinski definition) is 6. The molecule has 3 heterocycles. The summed E-state index contributed by atoms with van der Waals surface area (Å²) in [5.74, 6) is 1.08. The van der Waals surface area contributed by atoms with E-state index in [0.29, 0.717) is 28.9 Å². The van der Waals surface area contributed by atoms with Crippen LogP contribution >= 0.6 is 0 Å². The van der Waals surface area contributed by atoms with Crippen molar-refractivity contribution < 1.29 is 0 Å². The summed E-state index contributed by atoms with van der Waals surface area (Å²) in [6.07, 6.45) is 8.63. The zero-order valence-corrected chi connectivity index (χ0v) is 16.4. The number of aromatic nitrogens is 6. The second kappa shape index (κ2) is 6.95. The van der Waals surface area contributed by atoms with Crippen LogP contribution in [-0.2, 0) is 6.54 Å². The van der Waals surface area contributed by atoms with Gasteiger partial charge < -0.3 is 10.3 Å². The summed E-state index contributed by atoms with van der Waals surface area (Å²) in [5.41, 5.74) is 8.88. The third-order valence-corrected chi connectivity index (χ3v) is 5.89. The Bertz CT molecular complexity index is 1270. The van der Waals surface area contributed by atoms with E-state index in [9.17, 15) is 4.79 Å². The molecule has 0 atom stereocenters. The molecule has 148 valence electrons. The van der Waals surface area contributed by atoms with Crippen LogP contribution in [0.15, 0.2) is 35.6 Å². The number of nitrogens with zero attached hydrogens (tertiary/aromatic N) is 6. The summed E-state index contributed by atoms with van der Waals surface area (Å²) < 4.78 is 3.81. The Hall–Kier alpha value is -3.29. The Balaban J connectivity index is 1.71. The molecule has 8 nitrogen and oxygen atoms in total. The van der Waals surface area contributed by atoms with Crippen LogP contribution in [0.4, 0.5) is 5.82 Å². The number of hydrogen-bond donors (Lipinski definition) is 1. The van der Waals surface area contributed by atoms with Gasteiger partial charge in [0.1, 0.15) is 17.7 Å². The zero-order valence-electron chi connectivity index (χ0n) is 16.4. The molecule has 0 aliphatic heterocycles. The number of fused-ring (bicyclic) bond motifs is 2. The van der Waals surface area contributed by atoms with Crippen molar-refractivity contribution >= 4 is 27.9 Å². The van der Waals surface area contributed by atoms with Gasteiger partial charge in [-0.15, -0.1) is 0 Å². The van der Waals surface area contributed by atoms with Crippen LogP contribution in [0, 0.1) is 6.92 Å². The molecule has 1 aromatic carbocycles. The molecule has 0 bridgehead atoms. The Labute approximate surface area is 167 Å². The maximum Gasteiger partial charge on any atom is 0.261 e. The molecule has 1 fully saturated rings. The van der Waals surface area contributed by atoms with Gasteiger partial charge in [-0.1, -0.05) is 31.4 Å². The molecule has 1 saturated carbocycles. The van der Waals surface area contributed by atoms with Crippen LogP contribution in [0.5, 0.6) is 0 Å². The molecule has 0 saturated heterocycles. The number of anilines is 1. The van der Waals surface area contributed by atoms with Crippen molar-refractivity contribution in [1.82, 2.24) is 29.1 Å². The van der Waals surface area contributed by atoms with E-state index < -0.39 is 0 Å². The van der Waals surface area contributed by atoms with E-state index in [1.807, 2.05) is 34.3 Å². The van der Waals surface area contributed by atoms with Gasteiger partial charge in [0.2, 0.25) is 0 Å². The van der Waals surface area contributed by atoms with Gasteiger partial charge in [-0.3, -0.25) is 9.36 Å². The lowest BCUT2D eigenvalue weighted by Crippen LogP contribution is -2.31. The predicted molar refractivity (Wildman–Crippen MR) is 112 cm³/mol. The quantitative estimate of drug-likeness (QED) is 0.578. The van der Waals surface area contributed by atoms with Gasteiger partial charge >= 0.3 is 0 Å². The number of nitrogen functional groups attached to an aromatic ring is 1. The second-order valence-electron chi connectivity index (χ2n) is 7.77. The number of imidazole rings is 1. The van der Waals surface area contributed by atoms with Crippen molar-refractivity contribution in [1.29, 1.82) is 0 Å². The fraction of sp³-hybridized carbons (Fsp3) is 0.381. The van der Waals surface area contributed by atoms with Crippen molar-refractivity contribution in [3.8, 4) is 0 Å². The van der Waals surface area contributed by atoms with Crippen molar-refractivity contribution in [3.05, 3.63) is 52.6 Å². The standard InChI is InChI=1S/C21H23N7O/c1-13-6-5-9-15-17(13)21(29)28(14-7-3-2-4-8-14)16(26-15)10-27-12-25-18-19(22)23-11-24-20(18)27/h5-6,9,11-12,14H,2-4,7-8,10H2,1H3,(H2,22,23,24). The van der Waals surface area contributed by atoms with E-state index in [1.165, 1.54) is 12.7 Å². The topological polar surface area (TPSA) is 105 Å². The summed E-state index contributed by atoms with van der Waals surface area (Å²) in [6.45, 7) is 2.38. The second-order valence-corrected chi connectivity index (χ2v) is 7.77. The lowest BCUT2D eigenvalue weighted by atomic mass is 9.95. The van der Waals surface area contributed by atoms with Crippen LogP contribution in [0.25, 0.3) is 22.1 Å². The Morgan fingerprint density at radius 3 is 2.79 bits per heavy atom. The normalized spacial score (nSPS) is 15.3. The van der Waals surface area contributed by atoms with Crippen molar-refractivity contribution in [2.45, 2.75) is 51.6 Å². The van der Waals surface area contributed by atoms with Gasteiger partial charge in [0.05, 0.1) is 23.8 Å². The summed E-state index contributed by atoms with van der Waals surface area (Å²) >= 11 is 0. The predicted octanol–water partition coefficient (Wildman–Crippen LogP) is 2.98. The SMILES string of the molecule is Cc1cccc2nc(Cn3cnc4c(N)ncnc43)n(C3CCCCC3)c(=O)c12. The summed E-state index contributed by atoms with van der Waals surface area (Å²) in [7, 11) is 0. The molecule has 0 radical (unpaired) electrons. The van der Waals surface area contributed by atoms with E-state index >= 15 is 0 Å². The minimum atomic E-state index is 0.0496. The number of benzene rings is 1. The average molecular weight is 389 g/mol. The van der Waals surface area contributed by atoms with Crippen molar-refractivity contribution in [3.63, 3.8) is 0 Å². The van der Waals surface area contributed by atoms with Gasteiger partial charge in [-0.05, 0) is 31.4 Å². The Kier molecular flexibility index (Phi) is 4.26. The Morgan fingerprint density at radius 1 is 1.14 bits per heavy atom. The van der Waals surface area contributed by atoms with E-state index in [2.05, 4.69) is 15.0 Å². The Morgan fingerprint density at radius 2 is 1.97 bits per heavy atom. The highest BCUT2D eigenvalue weighted by atomic mass is 16.1. The van der Waals surface area contributed by atoms with Gasteiger partial charge in [-0.2, -0.15) is 0 Å². The first-order valence-corrected chi connectivity index (χ1v) is 10.1. The minimum absolute atomic E-state index is 0.0496. The van der Waals surface area contributed by atoms with Gasteiger partial charge in [0.25, 0.3) is 5.56 Å². The highest BCUT2D eigenvalue weighted by Gasteiger charge is 2.23. The van der Waals surface area contributed by atoms with Gasteiger partial charge in [0.15, 0.2) is 11.5 Å². The van der Waals surface area contributed by atoms with E-state index in [-0.39, 0.29) is 11.6 Å². The first-order chi connectivity index (χ1) is 14.1. The van der Waals surface area contributed by atoms with Crippen LogP contribution in [0.2, 0.25) is 0 Å². The number of aryl methyl sites for hydroxylation is 1. The van der Waals surface area contributed by atoms with Gasteiger partial charge in [0, 0.05) is 6.04 Å². The molecule has 8 heteroatoms. The zero-order chi connectivity index (χ0) is 20.0. The first kappa shape index (κ1) is 17.8. The molecular formula is C21H23N7O. The number of nitrogens with two attached hydrogens (primary N) is 1. The van der Waals surface area contributed by atoms with Crippen LogP contribution in [0.1, 0.15) is 49.5 Å². The summed E-state index contributed by atoms with van der Waals surface area (Å²) in [6, 6.07) is 6.00. The molecule has 3 aromatic heterocycles. The molecule has 0 spiro atoms. The van der Waals surface area contributed by atoms with Crippen LogP contribution in [-0.4, -0.2) is 29.1 Å². The van der Waals surface area contributed by atoms with Crippen molar-refractivity contribution in [2.24, 2.45) is 0 Å². The molecule has 0 unspecified atom stereocenters. The fourth-order valence-electron chi connectivity index (χ4n) is 4.45. The summed E-state index contributed by atoms with van der Waals surface area (Å²) in [5, 5.41) is 0.712. The van der Waals surface area contributed by atoms with Crippen molar-refractivity contribution in [2.75, 3.05) is 5.73 Å². The molecule has 1 aliphatic carbocycles.